The molecular formula is C17H23NO2. The summed E-state index contributed by atoms with van der Waals surface area (Å²) < 4.78 is 5.70. The summed E-state index contributed by atoms with van der Waals surface area (Å²) in [6, 6.07) is 10.1. The van der Waals surface area contributed by atoms with E-state index in [1.807, 2.05) is 24.3 Å². The van der Waals surface area contributed by atoms with Crippen molar-refractivity contribution in [1.29, 1.82) is 5.26 Å². The zero-order valence-corrected chi connectivity index (χ0v) is 12.1. The number of nitriles is 1. The monoisotopic (exact) mass is 273 g/mol. The molecule has 1 aromatic carbocycles. The van der Waals surface area contributed by atoms with E-state index in [2.05, 4.69) is 13.0 Å². The van der Waals surface area contributed by atoms with Crippen LogP contribution in [0.25, 0.3) is 0 Å². The molecule has 1 aliphatic rings. The van der Waals surface area contributed by atoms with Crippen molar-refractivity contribution >= 4 is 0 Å². The first-order valence-corrected chi connectivity index (χ1v) is 7.52. The number of unbranched alkanes of at least 4 members (excludes halogenated alkanes) is 3. The fourth-order valence-electron chi connectivity index (χ4n) is 2.79. The lowest BCUT2D eigenvalue weighted by Crippen LogP contribution is -2.43. The highest BCUT2D eigenvalue weighted by Gasteiger charge is 2.42. The molecule has 2 atom stereocenters. The highest BCUT2D eigenvalue weighted by molar-refractivity contribution is 5.37. The van der Waals surface area contributed by atoms with Gasteiger partial charge in [-0.05, 0) is 18.1 Å². The first-order chi connectivity index (χ1) is 9.72. The van der Waals surface area contributed by atoms with Crippen LogP contribution in [-0.4, -0.2) is 17.8 Å². The Morgan fingerprint density at radius 3 is 2.90 bits per heavy atom. The van der Waals surface area contributed by atoms with Crippen LogP contribution in [0, 0.1) is 16.7 Å². The number of aliphatic hydroxyl groups is 1. The molecule has 2 rings (SSSR count). The first kappa shape index (κ1) is 14.9. The van der Waals surface area contributed by atoms with Crippen molar-refractivity contribution in [2.45, 2.75) is 51.6 Å². The maximum atomic E-state index is 10.4. The number of aliphatic hydroxyl groups excluding tert-OH is 1. The molecule has 0 aromatic heterocycles. The van der Waals surface area contributed by atoms with Crippen molar-refractivity contribution < 1.29 is 9.84 Å². The van der Waals surface area contributed by atoms with Gasteiger partial charge < -0.3 is 9.84 Å². The average molecular weight is 273 g/mol. The van der Waals surface area contributed by atoms with Gasteiger partial charge in [-0.25, -0.2) is 0 Å². The summed E-state index contributed by atoms with van der Waals surface area (Å²) in [5.74, 6) is 0.844. The van der Waals surface area contributed by atoms with Gasteiger partial charge in [0.25, 0.3) is 0 Å². The van der Waals surface area contributed by atoms with Crippen molar-refractivity contribution in [2.24, 2.45) is 5.41 Å². The van der Waals surface area contributed by atoms with Crippen LogP contribution in [0.2, 0.25) is 0 Å². The minimum absolute atomic E-state index is 0.287. The number of fused-ring (bicyclic) bond motifs is 1. The Bertz CT molecular complexity index is 480. The van der Waals surface area contributed by atoms with Gasteiger partial charge in [-0.2, -0.15) is 5.26 Å². The van der Waals surface area contributed by atoms with E-state index < -0.39 is 11.5 Å². The van der Waals surface area contributed by atoms with Crippen molar-refractivity contribution in [3.63, 3.8) is 0 Å². The third-order valence-corrected chi connectivity index (χ3v) is 4.16. The van der Waals surface area contributed by atoms with Gasteiger partial charge in [0.05, 0.1) is 12.2 Å². The van der Waals surface area contributed by atoms with E-state index in [9.17, 15) is 10.4 Å². The number of hydrogen-bond acceptors (Lipinski definition) is 3. The van der Waals surface area contributed by atoms with E-state index in [1.54, 1.807) is 0 Å². The van der Waals surface area contributed by atoms with Crippen molar-refractivity contribution in [3.8, 4) is 11.8 Å². The molecular weight excluding hydrogens is 250 g/mol. The van der Waals surface area contributed by atoms with Crippen LogP contribution < -0.4 is 4.74 Å². The van der Waals surface area contributed by atoms with Gasteiger partial charge in [-0.1, -0.05) is 50.8 Å². The number of hydrogen-bond donors (Lipinski definition) is 1. The zero-order chi connectivity index (χ0) is 14.4. The molecule has 0 amide bonds. The predicted molar refractivity (Wildman–Crippen MR) is 78.5 cm³/mol. The smallest absolute Gasteiger partial charge is 0.122 e. The summed E-state index contributed by atoms with van der Waals surface area (Å²) in [6.45, 7) is 2.45. The third-order valence-electron chi connectivity index (χ3n) is 4.16. The largest absolute Gasteiger partial charge is 0.492 e. The van der Waals surface area contributed by atoms with Crippen molar-refractivity contribution in [1.82, 2.24) is 0 Å². The fourth-order valence-corrected chi connectivity index (χ4v) is 2.79. The number of nitrogens with zero attached hydrogens (tertiary/aromatic N) is 1. The Labute approximate surface area is 121 Å². The van der Waals surface area contributed by atoms with E-state index >= 15 is 0 Å². The van der Waals surface area contributed by atoms with Gasteiger partial charge >= 0.3 is 0 Å². The third kappa shape index (κ3) is 3.13. The number of benzene rings is 1. The summed E-state index contributed by atoms with van der Waals surface area (Å²) in [6.07, 6.45) is 5.10. The maximum Gasteiger partial charge on any atom is 0.122 e. The highest BCUT2D eigenvalue weighted by Crippen LogP contribution is 2.37. The van der Waals surface area contributed by atoms with Crippen LogP contribution in [0.1, 0.15) is 44.6 Å². The lowest BCUT2D eigenvalue weighted by molar-refractivity contribution is 0.0118. The summed E-state index contributed by atoms with van der Waals surface area (Å²) >= 11 is 0. The van der Waals surface area contributed by atoms with Crippen LogP contribution in [0.3, 0.4) is 0 Å². The topological polar surface area (TPSA) is 53.2 Å². The molecule has 0 spiro atoms. The Balaban J connectivity index is 2.02. The second-order valence-corrected chi connectivity index (χ2v) is 5.71. The van der Waals surface area contributed by atoms with Gasteiger partial charge in [0.2, 0.25) is 0 Å². The number of ether oxygens (including phenoxy) is 1. The Morgan fingerprint density at radius 1 is 1.35 bits per heavy atom. The van der Waals surface area contributed by atoms with Crippen LogP contribution in [-0.2, 0) is 6.42 Å². The zero-order valence-electron chi connectivity index (χ0n) is 12.1. The van der Waals surface area contributed by atoms with Crippen LogP contribution in [0.15, 0.2) is 24.3 Å². The van der Waals surface area contributed by atoms with Gasteiger partial charge in [-0.15, -0.1) is 0 Å². The number of rotatable bonds is 6. The summed E-state index contributed by atoms with van der Waals surface area (Å²) in [5, 5.41) is 20.0. The van der Waals surface area contributed by atoms with E-state index in [-0.39, 0.29) is 6.61 Å². The fraction of sp³-hybridized carbons (Fsp3) is 0.588. The van der Waals surface area contributed by atoms with E-state index in [0.717, 1.165) is 24.2 Å². The second-order valence-electron chi connectivity index (χ2n) is 5.71. The van der Waals surface area contributed by atoms with Crippen LogP contribution in [0.4, 0.5) is 0 Å². The first-order valence-electron chi connectivity index (χ1n) is 7.52. The van der Waals surface area contributed by atoms with Crippen LogP contribution >= 0.6 is 0 Å². The molecule has 108 valence electrons. The maximum absolute atomic E-state index is 10.4. The molecule has 0 bridgehead atoms. The van der Waals surface area contributed by atoms with E-state index in [1.165, 1.54) is 12.8 Å². The predicted octanol–water partition coefficient (Wildman–Crippen LogP) is 3.46. The van der Waals surface area contributed by atoms with Gasteiger partial charge in [0, 0.05) is 6.42 Å². The average Bonchev–Trinajstić information content (AvgIpc) is 2.50. The van der Waals surface area contributed by atoms with Crippen molar-refractivity contribution in [2.75, 3.05) is 6.61 Å². The standard InChI is InChI=1S/C17H23NO2/c1-2-3-4-5-10-16(19)17(12-18)11-14-8-6-7-9-15(14)20-13-17/h6-9,16,19H,2-5,10-11,13H2,1H3. The Hall–Kier alpha value is -1.53. The molecule has 0 saturated carbocycles. The molecule has 0 radical (unpaired) electrons. The molecule has 0 fully saturated rings. The normalized spacial score (nSPS) is 22.4. The van der Waals surface area contributed by atoms with Crippen LogP contribution in [0.5, 0.6) is 5.75 Å². The highest BCUT2D eigenvalue weighted by atomic mass is 16.5. The molecule has 1 N–H and O–H groups in total. The summed E-state index contributed by atoms with van der Waals surface area (Å²) in [5.41, 5.74) is 0.230. The summed E-state index contributed by atoms with van der Waals surface area (Å²) in [4.78, 5) is 0. The SMILES string of the molecule is CCCCCCC(O)C1(C#N)COc2ccccc2C1. The minimum atomic E-state index is -0.791. The molecule has 3 nitrogen and oxygen atoms in total. The molecule has 20 heavy (non-hydrogen) atoms. The van der Waals surface area contributed by atoms with Gasteiger partial charge in [0.15, 0.2) is 0 Å². The summed E-state index contributed by atoms with van der Waals surface area (Å²) in [7, 11) is 0. The molecule has 3 heteroatoms. The second kappa shape index (κ2) is 6.76. The van der Waals surface area contributed by atoms with E-state index in [0.29, 0.717) is 12.8 Å². The van der Waals surface area contributed by atoms with Gasteiger partial charge in [0.1, 0.15) is 17.8 Å². The lowest BCUT2D eigenvalue weighted by atomic mass is 9.75. The molecule has 0 saturated heterocycles. The molecule has 1 aliphatic heterocycles. The molecule has 2 unspecified atom stereocenters. The molecule has 1 heterocycles. The Kier molecular flexibility index (Phi) is 5.03. The van der Waals surface area contributed by atoms with E-state index in [4.69, 9.17) is 4.74 Å². The molecule has 0 aliphatic carbocycles. The minimum Gasteiger partial charge on any atom is -0.492 e. The van der Waals surface area contributed by atoms with Gasteiger partial charge in [-0.3, -0.25) is 0 Å². The van der Waals surface area contributed by atoms with Crippen molar-refractivity contribution in [3.05, 3.63) is 29.8 Å². The quantitative estimate of drug-likeness (QED) is 0.807. The molecule has 1 aromatic rings. The lowest BCUT2D eigenvalue weighted by Gasteiger charge is -2.36. The Morgan fingerprint density at radius 2 is 2.15 bits per heavy atom. The number of para-hydroxylation sites is 1.